The minimum atomic E-state index is 0.100. The van der Waals surface area contributed by atoms with E-state index in [0.29, 0.717) is 18.0 Å². The molecule has 0 unspecified atom stereocenters. The van der Waals surface area contributed by atoms with Crippen LogP contribution in [0.25, 0.3) is 0 Å². The molecule has 0 amide bonds. The Morgan fingerprint density at radius 2 is 2.06 bits per heavy atom. The number of Topliss-reactive ketones (excluding diaryl/α,β-unsaturated/α-hetero) is 1. The number of nitrogens with two attached hydrogens (primary N) is 1. The number of hydrogen-bond acceptors (Lipinski definition) is 5. The molecule has 2 rings (SSSR count). The SMILES string of the molecule is Cc1ccc(C(=O)CSC2=NN=C(N)C2)cc1. The summed E-state index contributed by atoms with van der Waals surface area (Å²) >= 11 is 1.40. The second kappa shape index (κ2) is 5.14. The topological polar surface area (TPSA) is 67.8 Å². The molecule has 0 fully saturated rings. The zero-order chi connectivity index (χ0) is 12.3. The molecule has 1 aliphatic heterocycles. The summed E-state index contributed by atoms with van der Waals surface area (Å²) in [5.74, 6) is 0.989. The van der Waals surface area contributed by atoms with Gasteiger partial charge in [-0.25, -0.2) is 0 Å². The molecule has 0 aliphatic carbocycles. The molecule has 0 aromatic heterocycles. The van der Waals surface area contributed by atoms with Gasteiger partial charge in [-0.05, 0) is 6.92 Å². The van der Waals surface area contributed by atoms with Crippen LogP contribution >= 0.6 is 11.8 Å². The molecule has 88 valence electrons. The second-order valence-corrected chi connectivity index (χ2v) is 4.89. The summed E-state index contributed by atoms with van der Waals surface area (Å²) in [5.41, 5.74) is 7.38. The van der Waals surface area contributed by atoms with Crippen LogP contribution in [0.15, 0.2) is 34.5 Å². The Kier molecular flexibility index (Phi) is 3.58. The van der Waals surface area contributed by atoms with Crippen molar-refractivity contribution in [2.45, 2.75) is 13.3 Å². The van der Waals surface area contributed by atoms with Gasteiger partial charge in [-0.3, -0.25) is 4.79 Å². The minimum absolute atomic E-state index is 0.100. The highest BCUT2D eigenvalue weighted by Gasteiger charge is 2.13. The molecule has 4 nitrogen and oxygen atoms in total. The van der Waals surface area contributed by atoms with E-state index >= 15 is 0 Å². The van der Waals surface area contributed by atoms with E-state index in [-0.39, 0.29) is 5.78 Å². The van der Waals surface area contributed by atoms with E-state index in [1.807, 2.05) is 31.2 Å². The van der Waals surface area contributed by atoms with Gasteiger partial charge in [0.05, 0.1) is 12.2 Å². The van der Waals surface area contributed by atoms with Crippen LogP contribution in [0.2, 0.25) is 0 Å². The van der Waals surface area contributed by atoms with Gasteiger partial charge >= 0.3 is 0 Å². The van der Waals surface area contributed by atoms with Gasteiger partial charge in [-0.1, -0.05) is 29.8 Å². The summed E-state index contributed by atoms with van der Waals surface area (Å²) < 4.78 is 0. The summed E-state index contributed by atoms with van der Waals surface area (Å²) in [7, 11) is 0. The summed E-state index contributed by atoms with van der Waals surface area (Å²) in [6.07, 6.45) is 0.561. The third-order valence-corrected chi connectivity index (χ3v) is 3.33. The Hall–Kier alpha value is -1.62. The molecule has 2 N–H and O–H groups in total. The number of aryl methyl sites for hydroxylation is 1. The van der Waals surface area contributed by atoms with Crippen LogP contribution in [0.4, 0.5) is 0 Å². The first-order valence-electron chi connectivity index (χ1n) is 5.26. The summed E-state index contributed by atoms with van der Waals surface area (Å²) in [5, 5.41) is 8.43. The van der Waals surface area contributed by atoms with Crippen molar-refractivity contribution in [2.75, 3.05) is 5.75 Å². The van der Waals surface area contributed by atoms with Crippen LogP contribution in [-0.2, 0) is 0 Å². The highest BCUT2D eigenvalue weighted by Crippen LogP contribution is 2.15. The highest BCUT2D eigenvalue weighted by molar-refractivity contribution is 8.14. The molecular formula is C12H13N3OS. The molecule has 17 heavy (non-hydrogen) atoms. The monoisotopic (exact) mass is 247 g/mol. The average Bonchev–Trinajstić information content (AvgIpc) is 2.73. The predicted octanol–water partition coefficient (Wildman–Crippen LogP) is 1.99. The molecule has 0 radical (unpaired) electrons. The second-order valence-electron chi connectivity index (χ2n) is 3.84. The van der Waals surface area contributed by atoms with Gasteiger partial charge in [0, 0.05) is 5.56 Å². The van der Waals surface area contributed by atoms with Crippen molar-refractivity contribution in [3.8, 4) is 0 Å². The van der Waals surface area contributed by atoms with Gasteiger partial charge in [-0.15, -0.1) is 22.0 Å². The van der Waals surface area contributed by atoms with E-state index in [2.05, 4.69) is 10.2 Å². The van der Waals surface area contributed by atoms with Crippen LogP contribution in [0.5, 0.6) is 0 Å². The number of ketones is 1. The normalized spacial score (nSPS) is 14.4. The average molecular weight is 247 g/mol. The molecule has 0 saturated carbocycles. The Bertz CT molecular complexity index is 491. The molecule has 1 aromatic carbocycles. The third kappa shape index (κ3) is 3.17. The molecule has 0 atom stereocenters. The number of carbonyl (C=O) groups is 1. The van der Waals surface area contributed by atoms with Crippen molar-refractivity contribution < 1.29 is 4.79 Å². The Morgan fingerprint density at radius 3 is 2.65 bits per heavy atom. The Labute approximate surface area is 104 Å². The smallest absolute Gasteiger partial charge is 0.173 e. The standard InChI is InChI=1S/C12H13N3OS/c1-8-2-4-9(5-3-8)10(16)7-17-12-6-11(13)14-15-12/h2-5H,6-7H2,1H3,(H2,13,14). The predicted molar refractivity (Wildman–Crippen MR) is 71.6 cm³/mol. The van der Waals surface area contributed by atoms with Crippen LogP contribution in [0.3, 0.4) is 0 Å². The maximum atomic E-state index is 11.8. The fourth-order valence-corrected chi connectivity index (χ4v) is 2.21. The van der Waals surface area contributed by atoms with E-state index < -0.39 is 0 Å². The first kappa shape index (κ1) is 11.9. The lowest BCUT2D eigenvalue weighted by Crippen LogP contribution is -2.11. The molecule has 1 aliphatic rings. The maximum Gasteiger partial charge on any atom is 0.173 e. The number of thioether (sulfide) groups is 1. The third-order valence-electron chi connectivity index (χ3n) is 2.37. The van der Waals surface area contributed by atoms with E-state index in [1.165, 1.54) is 11.8 Å². The van der Waals surface area contributed by atoms with Crippen molar-refractivity contribution in [3.05, 3.63) is 35.4 Å². The molecule has 0 bridgehead atoms. The molecular weight excluding hydrogens is 234 g/mol. The van der Waals surface area contributed by atoms with Gasteiger partial charge in [-0.2, -0.15) is 0 Å². The Morgan fingerprint density at radius 1 is 1.35 bits per heavy atom. The van der Waals surface area contributed by atoms with Crippen LogP contribution < -0.4 is 5.73 Å². The van der Waals surface area contributed by atoms with E-state index in [0.717, 1.165) is 16.2 Å². The van der Waals surface area contributed by atoms with Crippen molar-refractivity contribution in [1.82, 2.24) is 0 Å². The van der Waals surface area contributed by atoms with Gasteiger partial charge in [0.1, 0.15) is 10.9 Å². The fourth-order valence-electron chi connectivity index (χ4n) is 1.40. The molecule has 0 saturated heterocycles. The quantitative estimate of drug-likeness (QED) is 0.830. The van der Waals surface area contributed by atoms with Crippen LogP contribution in [0, 0.1) is 6.92 Å². The number of amidine groups is 1. The minimum Gasteiger partial charge on any atom is -0.385 e. The van der Waals surface area contributed by atoms with Crippen molar-refractivity contribution in [3.63, 3.8) is 0 Å². The largest absolute Gasteiger partial charge is 0.385 e. The van der Waals surface area contributed by atoms with Crippen LogP contribution in [0.1, 0.15) is 22.3 Å². The summed E-state index contributed by atoms with van der Waals surface area (Å²) in [6.45, 7) is 2.00. The van der Waals surface area contributed by atoms with Gasteiger partial charge < -0.3 is 5.73 Å². The number of carbonyl (C=O) groups excluding carboxylic acids is 1. The van der Waals surface area contributed by atoms with Crippen LogP contribution in [-0.4, -0.2) is 22.4 Å². The maximum absolute atomic E-state index is 11.8. The van der Waals surface area contributed by atoms with Crippen molar-refractivity contribution in [2.24, 2.45) is 15.9 Å². The number of hydrogen-bond donors (Lipinski definition) is 1. The molecule has 0 spiro atoms. The summed E-state index contributed by atoms with van der Waals surface area (Å²) in [4.78, 5) is 11.8. The Balaban J connectivity index is 1.88. The van der Waals surface area contributed by atoms with Gasteiger partial charge in [0.2, 0.25) is 0 Å². The van der Waals surface area contributed by atoms with Crippen molar-refractivity contribution >= 4 is 28.4 Å². The number of rotatable bonds is 3. The zero-order valence-corrected chi connectivity index (χ0v) is 10.3. The molecule has 1 aromatic rings. The molecule has 5 heteroatoms. The lowest BCUT2D eigenvalue weighted by atomic mass is 10.1. The van der Waals surface area contributed by atoms with Gasteiger partial charge in [0.15, 0.2) is 5.78 Å². The van der Waals surface area contributed by atoms with E-state index in [9.17, 15) is 4.79 Å². The summed E-state index contributed by atoms with van der Waals surface area (Å²) in [6, 6.07) is 7.57. The first-order valence-corrected chi connectivity index (χ1v) is 6.25. The fraction of sp³-hybridized carbons (Fsp3) is 0.250. The lowest BCUT2D eigenvalue weighted by Gasteiger charge is -2.01. The van der Waals surface area contributed by atoms with Crippen molar-refractivity contribution in [1.29, 1.82) is 0 Å². The zero-order valence-electron chi connectivity index (χ0n) is 9.51. The molecule has 1 heterocycles. The van der Waals surface area contributed by atoms with E-state index in [4.69, 9.17) is 5.73 Å². The highest BCUT2D eigenvalue weighted by atomic mass is 32.2. The number of benzene rings is 1. The van der Waals surface area contributed by atoms with E-state index in [1.54, 1.807) is 0 Å². The first-order chi connectivity index (χ1) is 8.15. The number of nitrogens with zero attached hydrogens (tertiary/aromatic N) is 2. The lowest BCUT2D eigenvalue weighted by molar-refractivity contribution is 0.102. The van der Waals surface area contributed by atoms with Gasteiger partial charge in [0.25, 0.3) is 0 Å².